The number of benzene rings is 4. The highest BCUT2D eigenvalue weighted by Gasteiger charge is 2.14. The van der Waals surface area contributed by atoms with E-state index >= 15 is 0 Å². The van der Waals surface area contributed by atoms with Crippen molar-refractivity contribution < 1.29 is 0 Å². The van der Waals surface area contributed by atoms with Crippen molar-refractivity contribution in [1.29, 1.82) is 0 Å². The van der Waals surface area contributed by atoms with Gasteiger partial charge < -0.3 is 11.1 Å². The van der Waals surface area contributed by atoms with Crippen molar-refractivity contribution in [1.82, 2.24) is 9.97 Å². The molecule has 4 aromatic carbocycles. The maximum absolute atomic E-state index is 6.10. The summed E-state index contributed by atoms with van der Waals surface area (Å²) in [5.41, 5.74) is 12.6. The van der Waals surface area contributed by atoms with Crippen molar-refractivity contribution in [2.45, 2.75) is 19.3 Å². The summed E-state index contributed by atoms with van der Waals surface area (Å²) in [5, 5.41) is 6.79. The van der Waals surface area contributed by atoms with E-state index in [9.17, 15) is 0 Å². The largest absolute Gasteiger partial charge is 0.399 e. The molecule has 1 aromatic heterocycles. The van der Waals surface area contributed by atoms with Gasteiger partial charge in [0.05, 0.1) is 5.52 Å². The van der Waals surface area contributed by atoms with Crippen molar-refractivity contribution in [3.05, 3.63) is 90.0 Å². The Morgan fingerprint density at radius 2 is 1.61 bits per heavy atom. The minimum Gasteiger partial charge on any atom is -0.399 e. The highest BCUT2D eigenvalue weighted by molar-refractivity contribution is 5.98. The van der Waals surface area contributed by atoms with Gasteiger partial charge in [-0.1, -0.05) is 48.5 Å². The van der Waals surface area contributed by atoms with E-state index in [2.05, 4.69) is 66.0 Å². The third-order valence-corrected chi connectivity index (χ3v) is 6.11. The number of anilines is 3. The molecule has 1 heterocycles. The number of nitrogen functional groups attached to an aromatic ring is 1. The van der Waals surface area contributed by atoms with E-state index in [1.54, 1.807) is 0 Å². The topological polar surface area (TPSA) is 63.8 Å². The highest BCUT2D eigenvalue weighted by atomic mass is 15.0. The van der Waals surface area contributed by atoms with Crippen LogP contribution in [0.15, 0.2) is 78.9 Å². The molecule has 0 atom stereocenters. The Morgan fingerprint density at radius 3 is 2.58 bits per heavy atom. The van der Waals surface area contributed by atoms with Crippen molar-refractivity contribution in [2.24, 2.45) is 0 Å². The molecule has 0 fully saturated rings. The molecule has 1 aliphatic carbocycles. The van der Waals surface area contributed by atoms with E-state index < -0.39 is 0 Å². The van der Waals surface area contributed by atoms with Crippen molar-refractivity contribution in [2.75, 3.05) is 11.1 Å². The van der Waals surface area contributed by atoms with Gasteiger partial charge in [-0.2, -0.15) is 0 Å². The lowest BCUT2D eigenvalue weighted by atomic mass is 10.0. The summed E-state index contributed by atoms with van der Waals surface area (Å²) in [6, 6.07) is 27.0. The Bertz CT molecular complexity index is 1450. The van der Waals surface area contributed by atoms with E-state index in [-0.39, 0.29) is 0 Å². The molecule has 0 saturated heterocycles. The Balaban J connectivity index is 1.53. The second-order valence-corrected chi connectivity index (χ2v) is 8.16. The van der Waals surface area contributed by atoms with Crippen LogP contribution < -0.4 is 11.1 Å². The number of rotatable bonds is 3. The van der Waals surface area contributed by atoms with Gasteiger partial charge >= 0.3 is 0 Å². The van der Waals surface area contributed by atoms with E-state index in [4.69, 9.17) is 15.7 Å². The molecular formula is C27H22N4. The van der Waals surface area contributed by atoms with Gasteiger partial charge in [0.15, 0.2) is 5.82 Å². The minimum absolute atomic E-state index is 0.700. The molecule has 0 amide bonds. The molecule has 5 aromatic rings. The number of nitrogens with zero attached hydrogens (tertiary/aromatic N) is 2. The molecule has 31 heavy (non-hydrogen) atoms. The molecule has 0 radical (unpaired) electrons. The lowest BCUT2D eigenvalue weighted by molar-refractivity contribution is 0.912. The van der Waals surface area contributed by atoms with Gasteiger partial charge in [-0.15, -0.1) is 0 Å². The van der Waals surface area contributed by atoms with Crippen LogP contribution in [0.2, 0.25) is 0 Å². The van der Waals surface area contributed by atoms with Crippen LogP contribution >= 0.6 is 0 Å². The molecular weight excluding hydrogens is 380 g/mol. The van der Waals surface area contributed by atoms with E-state index in [1.165, 1.54) is 29.4 Å². The van der Waals surface area contributed by atoms with Crippen LogP contribution in [-0.2, 0) is 12.8 Å². The normalized spacial score (nSPS) is 12.9. The zero-order chi connectivity index (χ0) is 20.8. The summed E-state index contributed by atoms with van der Waals surface area (Å²) in [6.07, 6.45) is 3.55. The fourth-order valence-electron chi connectivity index (χ4n) is 4.57. The van der Waals surface area contributed by atoms with Crippen LogP contribution in [0.25, 0.3) is 33.1 Å². The highest BCUT2D eigenvalue weighted by Crippen LogP contribution is 2.33. The second kappa shape index (κ2) is 7.10. The zero-order valence-corrected chi connectivity index (χ0v) is 17.1. The Hall–Kier alpha value is -3.92. The van der Waals surface area contributed by atoms with Crippen molar-refractivity contribution >= 4 is 38.9 Å². The molecule has 0 unspecified atom stereocenters. The van der Waals surface area contributed by atoms with Crippen LogP contribution in [0.5, 0.6) is 0 Å². The molecule has 4 nitrogen and oxygen atoms in total. The molecule has 150 valence electrons. The van der Waals surface area contributed by atoms with E-state index in [0.29, 0.717) is 11.5 Å². The van der Waals surface area contributed by atoms with Crippen molar-refractivity contribution in [3.8, 4) is 11.4 Å². The fraction of sp³-hybridized carbons (Fsp3) is 0.111. The van der Waals surface area contributed by atoms with Crippen LogP contribution in [0.1, 0.15) is 17.5 Å². The summed E-state index contributed by atoms with van der Waals surface area (Å²) in [4.78, 5) is 9.86. The van der Waals surface area contributed by atoms with Gasteiger partial charge in [0, 0.05) is 22.3 Å². The number of aryl methyl sites for hydroxylation is 2. The number of fused-ring (bicyclic) bond motifs is 3. The van der Waals surface area contributed by atoms with Crippen molar-refractivity contribution in [3.63, 3.8) is 0 Å². The number of nitrogens with one attached hydrogen (secondary N) is 1. The zero-order valence-electron chi connectivity index (χ0n) is 17.1. The average molecular weight is 403 g/mol. The molecule has 4 heteroatoms. The van der Waals surface area contributed by atoms with Crippen LogP contribution in [0, 0.1) is 0 Å². The van der Waals surface area contributed by atoms with Gasteiger partial charge in [-0.05, 0) is 71.5 Å². The first-order valence-corrected chi connectivity index (χ1v) is 10.7. The maximum atomic E-state index is 6.10. The fourth-order valence-corrected chi connectivity index (χ4v) is 4.57. The first kappa shape index (κ1) is 17.9. The average Bonchev–Trinajstić information content (AvgIpc) is 3.27. The lowest BCUT2D eigenvalue weighted by Crippen LogP contribution is -2.01. The second-order valence-electron chi connectivity index (χ2n) is 8.16. The first-order chi connectivity index (χ1) is 15.2. The summed E-state index contributed by atoms with van der Waals surface area (Å²) in [5.74, 6) is 1.48. The van der Waals surface area contributed by atoms with E-state index in [0.717, 1.165) is 39.8 Å². The summed E-state index contributed by atoms with van der Waals surface area (Å²) in [6.45, 7) is 0. The Labute approximate surface area is 180 Å². The quantitative estimate of drug-likeness (QED) is 0.349. The first-order valence-electron chi connectivity index (χ1n) is 10.7. The third kappa shape index (κ3) is 3.17. The molecule has 3 N–H and O–H groups in total. The van der Waals surface area contributed by atoms with E-state index in [1.807, 2.05) is 18.2 Å². The monoisotopic (exact) mass is 402 g/mol. The summed E-state index contributed by atoms with van der Waals surface area (Å²) >= 11 is 0. The molecule has 0 spiro atoms. The SMILES string of the molecule is Nc1ccc2nc(-c3cccc4ccccc34)nc(Nc3ccc4c(c3)CCC4)c2c1. The molecule has 1 aliphatic rings. The maximum Gasteiger partial charge on any atom is 0.162 e. The Kier molecular flexibility index (Phi) is 4.10. The predicted octanol–water partition coefficient (Wildman–Crippen LogP) is 6.26. The smallest absolute Gasteiger partial charge is 0.162 e. The number of hydrogen-bond donors (Lipinski definition) is 2. The van der Waals surface area contributed by atoms with Crippen LogP contribution in [-0.4, -0.2) is 9.97 Å². The number of aromatic nitrogens is 2. The predicted molar refractivity (Wildman–Crippen MR) is 129 cm³/mol. The summed E-state index contributed by atoms with van der Waals surface area (Å²) < 4.78 is 0. The number of nitrogens with two attached hydrogens (primary N) is 1. The van der Waals surface area contributed by atoms with Gasteiger partial charge in [0.2, 0.25) is 0 Å². The molecule has 0 bridgehead atoms. The van der Waals surface area contributed by atoms with Crippen LogP contribution in [0.4, 0.5) is 17.2 Å². The molecule has 0 aliphatic heterocycles. The molecule has 6 rings (SSSR count). The lowest BCUT2D eigenvalue weighted by Gasteiger charge is -2.13. The van der Waals surface area contributed by atoms with Gasteiger partial charge in [-0.25, -0.2) is 9.97 Å². The number of hydrogen-bond acceptors (Lipinski definition) is 4. The standard InChI is InChI=1S/C27H22N4/c28-20-12-14-25-24(16-20)27(29-21-13-11-17-6-3-8-19(17)15-21)31-26(30-25)23-10-4-7-18-5-1-2-9-22(18)23/h1-2,4-5,7,9-16H,3,6,8,28H2,(H,29,30,31). The van der Waals surface area contributed by atoms with Gasteiger partial charge in [-0.3, -0.25) is 0 Å². The van der Waals surface area contributed by atoms with Gasteiger partial charge in [0.25, 0.3) is 0 Å². The summed E-state index contributed by atoms with van der Waals surface area (Å²) in [7, 11) is 0. The third-order valence-electron chi connectivity index (χ3n) is 6.11. The van der Waals surface area contributed by atoms with Crippen LogP contribution in [0.3, 0.4) is 0 Å². The van der Waals surface area contributed by atoms with Gasteiger partial charge in [0.1, 0.15) is 5.82 Å². The minimum atomic E-state index is 0.700. The molecule has 0 saturated carbocycles. The Morgan fingerprint density at radius 1 is 0.742 bits per heavy atom.